The summed E-state index contributed by atoms with van der Waals surface area (Å²) in [6.07, 6.45) is 0.854. The number of ether oxygens (including phenoxy) is 1. The molecular formula is C12H13FN2O2. The summed E-state index contributed by atoms with van der Waals surface area (Å²) in [5.41, 5.74) is 1.22. The Kier molecular flexibility index (Phi) is 3.08. The first kappa shape index (κ1) is 11.6. The molecule has 0 amide bonds. The minimum absolute atomic E-state index is 0.218. The molecule has 0 unspecified atom stereocenters. The summed E-state index contributed by atoms with van der Waals surface area (Å²) in [5.74, 6) is -0.653. The number of hydrogen-bond acceptors (Lipinski definition) is 3. The molecule has 0 aliphatic heterocycles. The van der Waals surface area contributed by atoms with Crippen LogP contribution in [-0.2, 0) is 11.3 Å². The second-order valence-corrected chi connectivity index (χ2v) is 3.71. The van der Waals surface area contributed by atoms with Gasteiger partial charge in [-0.3, -0.25) is 0 Å². The van der Waals surface area contributed by atoms with Crippen LogP contribution in [0.25, 0.3) is 11.0 Å². The predicted molar refractivity (Wildman–Crippen MR) is 61.3 cm³/mol. The molecule has 2 aromatic rings. The van der Waals surface area contributed by atoms with E-state index >= 15 is 0 Å². The van der Waals surface area contributed by atoms with Crippen molar-refractivity contribution in [3.8, 4) is 0 Å². The van der Waals surface area contributed by atoms with Crippen molar-refractivity contribution in [2.45, 2.75) is 19.9 Å². The van der Waals surface area contributed by atoms with Gasteiger partial charge < -0.3 is 9.30 Å². The molecule has 90 valence electrons. The zero-order valence-electron chi connectivity index (χ0n) is 9.74. The van der Waals surface area contributed by atoms with Crippen LogP contribution in [0.2, 0.25) is 0 Å². The minimum Gasteiger partial charge on any atom is -0.463 e. The molecular weight excluding hydrogens is 223 g/mol. The van der Waals surface area contributed by atoms with Crippen LogP contribution in [0.5, 0.6) is 0 Å². The summed E-state index contributed by atoms with van der Waals surface area (Å²) in [6, 6.07) is 4.30. The van der Waals surface area contributed by atoms with Crippen LogP contribution in [0.4, 0.5) is 4.39 Å². The molecule has 0 aliphatic carbocycles. The Labute approximate surface area is 98.0 Å². The molecule has 0 saturated heterocycles. The van der Waals surface area contributed by atoms with E-state index in [1.165, 1.54) is 19.2 Å². The molecule has 0 bridgehead atoms. The van der Waals surface area contributed by atoms with E-state index in [9.17, 15) is 9.18 Å². The molecule has 5 heteroatoms. The molecule has 17 heavy (non-hydrogen) atoms. The predicted octanol–water partition coefficient (Wildman–Crippen LogP) is 2.37. The average Bonchev–Trinajstić information content (AvgIpc) is 2.67. The van der Waals surface area contributed by atoms with E-state index < -0.39 is 5.97 Å². The summed E-state index contributed by atoms with van der Waals surface area (Å²) in [4.78, 5) is 15.7. The highest BCUT2D eigenvalue weighted by Crippen LogP contribution is 2.18. The van der Waals surface area contributed by atoms with E-state index in [-0.39, 0.29) is 11.6 Å². The number of esters is 1. The quantitative estimate of drug-likeness (QED) is 0.768. The normalized spacial score (nSPS) is 10.8. The second kappa shape index (κ2) is 4.53. The molecule has 0 radical (unpaired) electrons. The number of carbonyl (C=O) groups is 1. The molecule has 0 spiro atoms. The Morgan fingerprint density at radius 1 is 1.53 bits per heavy atom. The van der Waals surface area contributed by atoms with Crippen LogP contribution in [0.1, 0.15) is 24.0 Å². The fraction of sp³-hybridized carbons (Fsp3) is 0.333. The monoisotopic (exact) mass is 236 g/mol. The van der Waals surface area contributed by atoms with Gasteiger partial charge in [0.2, 0.25) is 5.82 Å². The second-order valence-electron chi connectivity index (χ2n) is 3.71. The van der Waals surface area contributed by atoms with Crippen molar-refractivity contribution >= 4 is 17.0 Å². The summed E-state index contributed by atoms with van der Waals surface area (Å²) >= 11 is 0. The number of aromatic nitrogens is 2. The number of imidazole rings is 1. The maximum Gasteiger partial charge on any atom is 0.374 e. The zero-order chi connectivity index (χ0) is 12.4. The molecule has 1 aromatic heterocycles. The molecule has 0 N–H and O–H groups in total. The van der Waals surface area contributed by atoms with Gasteiger partial charge in [0.05, 0.1) is 18.1 Å². The van der Waals surface area contributed by atoms with Gasteiger partial charge in [0.15, 0.2) is 0 Å². The number of benzene rings is 1. The maximum absolute atomic E-state index is 13.1. The van der Waals surface area contributed by atoms with Gasteiger partial charge in [-0.05, 0) is 18.6 Å². The highest BCUT2D eigenvalue weighted by molar-refractivity contribution is 5.91. The van der Waals surface area contributed by atoms with Gasteiger partial charge in [-0.2, -0.15) is 0 Å². The van der Waals surface area contributed by atoms with Crippen LogP contribution >= 0.6 is 0 Å². The number of halogens is 1. The number of rotatable bonds is 3. The fourth-order valence-electron chi connectivity index (χ4n) is 1.80. The standard InChI is InChI=1S/C12H13FN2O2/c1-3-6-15-10-5-4-8(13)7-9(10)14-11(15)12(16)17-2/h4-5,7H,3,6H2,1-2H3. The summed E-state index contributed by atoms with van der Waals surface area (Å²) in [7, 11) is 1.30. The Morgan fingerprint density at radius 3 is 2.94 bits per heavy atom. The third kappa shape index (κ3) is 2.00. The van der Waals surface area contributed by atoms with Gasteiger partial charge in [-0.15, -0.1) is 0 Å². The lowest BCUT2D eigenvalue weighted by molar-refractivity contribution is 0.0582. The first-order valence-corrected chi connectivity index (χ1v) is 5.41. The van der Waals surface area contributed by atoms with E-state index in [0.29, 0.717) is 12.1 Å². The summed E-state index contributed by atoms with van der Waals surface area (Å²) in [6.45, 7) is 2.64. The largest absolute Gasteiger partial charge is 0.463 e. The fourth-order valence-corrected chi connectivity index (χ4v) is 1.80. The Morgan fingerprint density at radius 2 is 2.29 bits per heavy atom. The van der Waals surface area contributed by atoms with Gasteiger partial charge in [0.25, 0.3) is 0 Å². The number of aryl methyl sites for hydroxylation is 1. The van der Waals surface area contributed by atoms with E-state index in [1.807, 2.05) is 6.92 Å². The van der Waals surface area contributed by atoms with Crippen LogP contribution in [0.15, 0.2) is 18.2 Å². The van der Waals surface area contributed by atoms with Gasteiger partial charge in [-0.1, -0.05) is 6.92 Å². The third-order valence-electron chi connectivity index (χ3n) is 2.53. The Bertz CT molecular complexity index is 563. The first-order valence-electron chi connectivity index (χ1n) is 5.41. The lowest BCUT2D eigenvalue weighted by Gasteiger charge is -2.05. The zero-order valence-corrected chi connectivity index (χ0v) is 9.74. The van der Waals surface area contributed by atoms with E-state index in [0.717, 1.165) is 11.9 Å². The number of carbonyl (C=O) groups excluding carboxylic acids is 1. The van der Waals surface area contributed by atoms with Crippen LogP contribution in [0, 0.1) is 5.82 Å². The highest BCUT2D eigenvalue weighted by atomic mass is 19.1. The van der Waals surface area contributed by atoms with Crippen molar-refractivity contribution < 1.29 is 13.9 Å². The number of nitrogens with zero attached hydrogens (tertiary/aromatic N) is 2. The Hall–Kier alpha value is -1.91. The number of hydrogen-bond donors (Lipinski definition) is 0. The third-order valence-corrected chi connectivity index (χ3v) is 2.53. The molecule has 1 aromatic carbocycles. The molecule has 0 aliphatic rings. The molecule has 0 fully saturated rings. The van der Waals surface area contributed by atoms with Crippen molar-refractivity contribution in [2.24, 2.45) is 0 Å². The van der Waals surface area contributed by atoms with Crippen molar-refractivity contribution in [1.29, 1.82) is 0 Å². The molecule has 0 atom stereocenters. The Balaban J connectivity index is 2.65. The van der Waals surface area contributed by atoms with Gasteiger partial charge >= 0.3 is 5.97 Å². The van der Waals surface area contributed by atoms with Crippen molar-refractivity contribution in [3.05, 3.63) is 29.8 Å². The van der Waals surface area contributed by atoms with Crippen LogP contribution < -0.4 is 0 Å². The lowest BCUT2D eigenvalue weighted by atomic mass is 10.3. The summed E-state index contributed by atoms with van der Waals surface area (Å²) in [5, 5.41) is 0. The highest BCUT2D eigenvalue weighted by Gasteiger charge is 2.17. The van der Waals surface area contributed by atoms with E-state index in [1.54, 1.807) is 10.6 Å². The smallest absolute Gasteiger partial charge is 0.374 e. The van der Waals surface area contributed by atoms with Gasteiger partial charge in [0, 0.05) is 12.6 Å². The van der Waals surface area contributed by atoms with E-state index in [2.05, 4.69) is 9.72 Å². The first-order chi connectivity index (χ1) is 8.17. The number of methoxy groups -OCH3 is 1. The SMILES string of the molecule is CCCn1c(C(=O)OC)nc2cc(F)ccc21. The molecule has 1 heterocycles. The van der Waals surface area contributed by atoms with Crippen molar-refractivity contribution in [2.75, 3.05) is 7.11 Å². The molecule has 4 nitrogen and oxygen atoms in total. The average molecular weight is 236 g/mol. The topological polar surface area (TPSA) is 44.1 Å². The van der Waals surface area contributed by atoms with Crippen LogP contribution in [0.3, 0.4) is 0 Å². The lowest BCUT2D eigenvalue weighted by Crippen LogP contribution is -2.11. The summed E-state index contributed by atoms with van der Waals surface area (Å²) < 4.78 is 19.5. The van der Waals surface area contributed by atoms with E-state index in [4.69, 9.17) is 0 Å². The molecule has 0 saturated carbocycles. The van der Waals surface area contributed by atoms with Crippen LogP contribution in [-0.4, -0.2) is 22.6 Å². The van der Waals surface area contributed by atoms with Crippen molar-refractivity contribution in [1.82, 2.24) is 9.55 Å². The van der Waals surface area contributed by atoms with Gasteiger partial charge in [-0.25, -0.2) is 14.2 Å². The molecule has 2 rings (SSSR count). The number of fused-ring (bicyclic) bond motifs is 1. The minimum atomic E-state index is -0.505. The maximum atomic E-state index is 13.1. The van der Waals surface area contributed by atoms with Crippen molar-refractivity contribution in [3.63, 3.8) is 0 Å². The van der Waals surface area contributed by atoms with Gasteiger partial charge in [0.1, 0.15) is 5.82 Å².